The maximum absolute atomic E-state index is 12.2. The smallest absolute Gasteiger partial charge is 0.255 e. The van der Waals surface area contributed by atoms with Crippen molar-refractivity contribution in [1.82, 2.24) is 0 Å². The Bertz CT molecular complexity index is 636. The summed E-state index contributed by atoms with van der Waals surface area (Å²) in [6.07, 6.45) is 0. The molecule has 0 bridgehead atoms. The number of hydrogen-bond acceptors (Lipinski definition) is 3. The number of rotatable bonds is 2. The first kappa shape index (κ1) is 13.0. The number of phenols is 1. The van der Waals surface area contributed by atoms with Crippen LogP contribution < -0.4 is 11.1 Å². The van der Waals surface area contributed by atoms with Gasteiger partial charge in [0, 0.05) is 5.56 Å². The molecule has 4 N–H and O–H groups in total. The minimum Gasteiger partial charge on any atom is -0.508 e. The second kappa shape index (κ2) is 5.02. The summed E-state index contributed by atoms with van der Waals surface area (Å²) in [6, 6.07) is 10.1. The first-order chi connectivity index (χ1) is 8.97. The van der Waals surface area contributed by atoms with Crippen LogP contribution in [-0.4, -0.2) is 11.0 Å². The lowest BCUT2D eigenvalue weighted by Crippen LogP contribution is -2.14. The zero-order valence-corrected chi connectivity index (χ0v) is 10.9. The van der Waals surface area contributed by atoms with Crippen LogP contribution in [0, 0.1) is 13.8 Å². The van der Waals surface area contributed by atoms with E-state index in [2.05, 4.69) is 5.32 Å². The summed E-state index contributed by atoms with van der Waals surface area (Å²) in [7, 11) is 0. The fourth-order valence-corrected chi connectivity index (χ4v) is 1.87. The molecule has 0 atom stereocenters. The number of nitrogens with one attached hydrogen (secondary N) is 1. The first-order valence-electron chi connectivity index (χ1n) is 5.94. The summed E-state index contributed by atoms with van der Waals surface area (Å²) in [5, 5.41) is 12.1. The zero-order valence-electron chi connectivity index (χ0n) is 10.9. The van der Waals surface area contributed by atoms with Gasteiger partial charge in [0.2, 0.25) is 0 Å². The van der Waals surface area contributed by atoms with Crippen molar-refractivity contribution in [3.63, 3.8) is 0 Å². The Kier molecular flexibility index (Phi) is 3.42. The highest BCUT2D eigenvalue weighted by Gasteiger charge is 2.11. The maximum Gasteiger partial charge on any atom is 0.255 e. The molecule has 0 saturated carbocycles. The number of amides is 1. The number of benzene rings is 2. The van der Waals surface area contributed by atoms with E-state index in [0.29, 0.717) is 22.5 Å². The molecule has 19 heavy (non-hydrogen) atoms. The molecule has 0 saturated heterocycles. The molecule has 4 nitrogen and oxygen atoms in total. The van der Waals surface area contributed by atoms with Crippen LogP contribution in [0.3, 0.4) is 0 Å². The van der Waals surface area contributed by atoms with Crippen LogP contribution in [0.4, 0.5) is 11.4 Å². The van der Waals surface area contributed by atoms with Crippen molar-refractivity contribution >= 4 is 17.3 Å². The van der Waals surface area contributed by atoms with Crippen LogP contribution in [0.25, 0.3) is 0 Å². The van der Waals surface area contributed by atoms with E-state index in [-0.39, 0.29) is 11.7 Å². The Morgan fingerprint density at radius 3 is 2.58 bits per heavy atom. The van der Waals surface area contributed by atoms with Crippen LogP contribution in [0.15, 0.2) is 36.4 Å². The van der Waals surface area contributed by atoms with Crippen molar-refractivity contribution in [3.05, 3.63) is 53.1 Å². The molecule has 0 aliphatic heterocycles. The molecule has 2 aromatic rings. The molecule has 2 aromatic carbocycles. The minimum absolute atomic E-state index is 0.143. The molecule has 98 valence electrons. The number of carbonyl (C=O) groups is 1. The molecule has 0 aliphatic rings. The van der Waals surface area contributed by atoms with E-state index < -0.39 is 0 Å². The van der Waals surface area contributed by atoms with Crippen LogP contribution in [0.1, 0.15) is 21.5 Å². The molecule has 4 heteroatoms. The van der Waals surface area contributed by atoms with Gasteiger partial charge in [-0.2, -0.15) is 0 Å². The predicted octanol–water partition coefficient (Wildman–Crippen LogP) is 2.84. The third-order valence-corrected chi connectivity index (χ3v) is 2.91. The van der Waals surface area contributed by atoms with E-state index in [4.69, 9.17) is 5.73 Å². The van der Waals surface area contributed by atoms with Gasteiger partial charge in [-0.15, -0.1) is 0 Å². The second-order valence-electron chi connectivity index (χ2n) is 4.54. The van der Waals surface area contributed by atoms with E-state index in [1.165, 1.54) is 6.07 Å². The van der Waals surface area contributed by atoms with Crippen LogP contribution in [-0.2, 0) is 0 Å². The Morgan fingerprint density at radius 2 is 1.89 bits per heavy atom. The Balaban J connectivity index is 2.28. The van der Waals surface area contributed by atoms with Gasteiger partial charge in [0.25, 0.3) is 5.91 Å². The van der Waals surface area contributed by atoms with Crippen molar-refractivity contribution in [3.8, 4) is 5.75 Å². The summed E-state index contributed by atoms with van der Waals surface area (Å²) < 4.78 is 0. The highest BCUT2D eigenvalue weighted by Crippen LogP contribution is 2.22. The Morgan fingerprint density at radius 1 is 1.16 bits per heavy atom. The van der Waals surface area contributed by atoms with Gasteiger partial charge in [0.05, 0.1) is 11.4 Å². The average molecular weight is 256 g/mol. The Hall–Kier alpha value is -2.49. The van der Waals surface area contributed by atoms with Crippen LogP contribution in [0.5, 0.6) is 5.75 Å². The van der Waals surface area contributed by atoms with Crippen LogP contribution >= 0.6 is 0 Å². The van der Waals surface area contributed by atoms with E-state index in [1.807, 2.05) is 19.1 Å². The van der Waals surface area contributed by atoms with E-state index in [0.717, 1.165) is 5.56 Å². The lowest BCUT2D eigenvalue weighted by Gasteiger charge is -2.10. The molecule has 1 amide bonds. The third-order valence-electron chi connectivity index (χ3n) is 2.91. The fourth-order valence-electron chi connectivity index (χ4n) is 1.87. The standard InChI is InChI=1S/C15H16N2O2/c1-9-3-6-13(16)14(7-9)17-15(19)12-5-4-11(18)8-10(12)2/h3-8,18H,16H2,1-2H3,(H,17,19). The molecule has 0 radical (unpaired) electrons. The number of aryl methyl sites for hydroxylation is 2. The topological polar surface area (TPSA) is 75.3 Å². The summed E-state index contributed by atoms with van der Waals surface area (Å²) in [5.74, 6) is -0.0982. The minimum atomic E-state index is -0.241. The lowest BCUT2D eigenvalue weighted by atomic mass is 10.1. The van der Waals surface area contributed by atoms with Crippen molar-refractivity contribution in [2.75, 3.05) is 11.1 Å². The third kappa shape index (κ3) is 2.85. The van der Waals surface area contributed by atoms with Gasteiger partial charge in [-0.25, -0.2) is 0 Å². The molecule has 0 fully saturated rings. The molecule has 0 spiro atoms. The molecule has 0 heterocycles. The van der Waals surface area contributed by atoms with E-state index in [1.54, 1.807) is 25.1 Å². The second-order valence-corrected chi connectivity index (χ2v) is 4.54. The highest BCUT2D eigenvalue weighted by atomic mass is 16.3. The number of nitrogen functional groups attached to an aromatic ring is 1. The molecular formula is C15H16N2O2. The number of hydrogen-bond donors (Lipinski definition) is 3. The monoisotopic (exact) mass is 256 g/mol. The molecular weight excluding hydrogens is 240 g/mol. The van der Waals surface area contributed by atoms with Gasteiger partial charge in [-0.3, -0.25) is 4.79 Å². The number of aromatic hydroxyl groups is 1. The molecule has 0 aliphatic carbocycles. The zero-order chi connectivity index (χ0) is 14.0. The quantitative estimate of drug-likeness (QED) is 0.723. The molecule has 2 rings (SSSR count). The van der Waals surface area contributed by atoms with Gasteiger partial charge in [-0.05, 0) is 55.3 Å². The lowest BCUT2D eigenvalue weighted by molar-refractivity contribution is 0.102. The predicted molar refractivity (Wildman–Crippen MR) is 76.4 cm³/mol. The SMILES string of the molecule is Cc1ccc(N)c(NC(=O)c2ccc(O)cc2C)c1. The van der Waals surface area contributed by atoms with Crippen molar-refractivity contribution in [2.45, 2.75) is 13.8 Å². The van der Waals surface area contributed by atoms with Gasteiger partial charge >= 0.3 is 0 Å². The Labute approximate surface area is 111 Å². The maximum atomic E-state index is 12.2. The van der Waals surface area contributed by atoms with Gasteiger partial charge in [-0.1, -0.05) is 6.07 Å². The normalized spacial score (nSPS) is 10.2. The van der Waals surface area contributed by atoms with E-state index >= 15 is 0 Å². The van der Waals surface area contributed by atoms with Crippen LogP contribution in [0.2, 0.25) is 0 Å². The number of nitrogens with two attached hydrogens (primary N) is 1. The fraction of sp³-hybridized carbons (Fsp3) is 0.133. The van der Waals surface area contributed by atoms with Crippen molar-refractivity contribution in [1.29, 1.82) is 0 Å². The summed E-state index contributed by atoms with van der Waals surface area (Å²) in [5.41, 5.74) is 9.19. The van der Waals surface area contributed by atoms with Gasteiger partial charge in [0.1, 0.15) is 5.75 Å². The summed E-state index contributed by atoms with van der Waals surface area (Å²) >= 11 is 0. The van der Waals surface area contributed by atoms with E-state index in [9.17, 15) is 9.90 Å². The van der Waals surface area contributed by atoms with Gasteiger partial charge < -0.3 is 16.2 Å². The molecule has 0 aromatic heterocycles. The first-order valence-corrected chi connectivity index (χ1v) is 5.94. The average Bonchev–Trinajstić information content (AvgIpc) is 2.33. The largest absolute Gasteiger partial charge is 0.508 e. The summed E-state index contributed by atoms with van der Waals surface area (Å²) in [4.78, 5) is 12.2. The molecule has 0 unspecified atom stereocenters. The summed E-state index contributed by atoms with van der Waals surface area (Å²) in [6.45, 7) is 3.70. The highest BCUT2D eigenvalue weighted by molar-refractivity contribution is 6.06. The number of carbonyl (C=O) groups excluding carboxylic acids is 1. The number of anilines is 2. The van der Waals surface area contributed by atoms with Crippen molar-refractivity contribution < 1.29 is 9.90 Å². The van der Waals surface area contributed by atoms with Gasteiger partial charge in [0.15, 0.2) is 0 Å². The van der Waals surface area contributed by atoms with Crippen molar-refractivity contribution in [2.24, 2.45) is 0 Å². The number of phenolic OH excluding ortho intramolecular Hbond substituents is 1.